The highest BCUT2D eigenvalue weighted by atomic mass is 16.5. The van der Waals surface area contributed by atoms with Crippen molar-refractivity contribution in [2.45, 2.75) is 39.5 Å². The molecular formula is C22H27NO4. The number of benzene rings is 2. The standard InChI is InChI=1S/C22H27NO4/c1-15(2)19-7-5-6-16(3)22(19)23-20(24)14-27-21(25)13-10-17-8-11-18(26-4)12-9-17/h5-9,11-12,15H,10,13-14H2,1-4H3,(H,23,24). The van der Waals surface area contributed by atoms with Crippen LogP contribution in [0.15, 0.2) is 42.5 Å². The van der Waals surface area contributed by atoms with Gasteiger partial charge in [0.2, 0.25) is 0 Å². The lowest BCUT2D eigenvalue weighted by Gasteiger charge is -2.16. The van der Waals surface area contributed by atoms with Gasteiger partial charge in [0.15, 0.2) is 6.61 Å². The topological polar surface area (TPSA) is 64.6 Å². The Balaban J connectivity index is 1.82. The predicted octanol–water partition coefficient (Wildman–Crippen LogP) is 4.24. The van der Waals surface area contributed by atoms with Gasteiger partial charge in [0.05, 0.1) is 7.11 Å². The second kappa shape index (κ2) is 9.76. The van der Waals surface area contributed by atoms with E-state index in [2.05, 4.69) is 19.2 Å². The zero-order chi connectivity index (χ0) is 19.8. The first-order valence-corrected chi connectivity index (χ1v) is 9.08. The molecule has 0 heterocycles. The lowest BCUT2D eigenvalue weighted by molar-refractivity contribution is -0.147. The molecule has 0 bridgehead atoms. The van der Waals surface area contributed by atoms with Crippen molar-refractivity contribution in [2.75, 3.05) is 19.0 Å². The van der Waals surface area contributed by atoms with E-state index < -0.39 is 5.97 Å². The molecule has 5 heteroatoms. The zero-order valence-corrected chi connectivity index (χ0v) is 16.4. The molecule has 0 aliphatic carbocycles. The number of esters is 1. The monoisotopic (exact) mass is 369 g/mol. The third kappa shape index (κ3) is 6.13. The number of nitrogens with one attached hydrogen (secondary N) is 1. The Bertz CT molecular complexity index is 781. The number of aryl methyl sites for hydroxylation is 2. The summed E-state index contributed by atoms with van der Waals surface area (Å²) in [5, 5.41) is 2.87. The number of methoxy groups -OCH3 is 1. The fraction of sp³-hybridized carbons (Fsp3) is 0.364. The summed E-state index contributed by atoms with van der Waals surface area (Å²) in [5.41, 5.74) is 3.86. The van der Waals surface area contributed by atoms with Crippen LogP contribution >= 0.6 is 0 Å². The molecule has 144 valence electrons. The molecule has 0 unspecified atom stereocenters. The minimum absolute atomic E-state index is 0.223. The summed E-state index contributed by atoms with van der Waals surface area (Å²) >= 11 is 0. The van der Waals surface area contributed by atoms with Crippen LogP contribution in [0.2, 0.25) is 0 Å². The van der Waals surface area contributed by atoms with Gasteiger partial charge in [-0.25, -0.2) is 0 Å². The first-order chi connectivity index (χ1) is 12.9. The molecule has 2 aromatic rings. The Morgan fingerprint density at radius 2 is 1.78 bits per heavy atom. The number of hydrogen-bond acceptors (Lipinski definition) is 4. The highest BCUT2D eigenvalue weighted by Crippen LogP contribution is 2.27. The average molecular weight is 369 g/mol. The van der Waals surface area contributed by atoms with Crippen LogP contribution < -0.4 is 10.1 Å². The van der Waals surface area contributed by atoms with Gasteiger partial charge in [0.1, 0.15) is 5.75 Å². The average Bonchev–Trinajstić information content (AvgIpc) is 2.66. The van der Waals surface area contributed by atoms with Crippen LogP contribution in [0.3, 0.4) is 0 Å². The van der Waals surface area contributed by atoms with Crippen molar-refractivity contribution in [3.63, 3.8) is 0 Å². The van der Waals surface area contributed by atoms with Gasteiger partial charge in [0.25, 0.3) is 5.91 Å². The Morgan fingerprint density at radius 1 is 1.07 bits per heavy atom. The Kier molecular flexibility index (Phi) is 7.41. The predicted molar refractivity (Wildman–Crippen MR) is 106 cm³/mol. The molecule has 0 fully saturated rings. The minimum atomic E-state index is -0.394. The second-order valence-electron chi connectivity index (χ2n) is 6.75. The number of amides is 1. The summed E-state index contributed by atoms with van der Waals surface area (Å²) in [7, 11) is 1.61. The molecule has 0 saturated carbocycles. The molecule has 0 saturated heterocycles. The van der Waals surface area contributed by atoms with E-state index in [1.807, 2.05) is 49.4 Å². The lowest BCUT2D eigenvalue weighted by atomic mass is 9.98. The van der Waals surface area contributed by atoms with E-state index >= 15 is 0 Å². The van der Waals surface area contributed by atoms with Crippen LogP contribution in [0.5, 0.6) is 5.75 Å². The Hall–Kier alpha value is -2.82. The highest BCUT2D eigenvalue weighted by molar-refractivity contribution is 5.94. The molecule has 0 aromatic heterocycles. The van der Waals surface area contributed by atoms with Gasteiger partial charge in [-0.05, 0) is 48.1 Å². The zero-order valence-electron chi connectivity index (χ0n) is 16.4. The molecule has 0 aliphatic heterocycles. The van der Waals surface area contributed by atoms with Gasteiger partial charge in [-0.3, -0.25) is 9.59 Å². The number of ether oxygens (including phenoxy) is 2. The van der Waals surface area contributed by atoms with E-state index in [1.54, 1.807) is 7.11 Å². The summed E-state index contributed by atoms with van der Waals surface area (Å²) < 4.78 is 10.2. The van der Waals surface area contributed by atoms with Crippen molar-refractivity contribution in [2.24, 2.45) is 0 Å². The molecule has 0 atom stereocenters. The lowest BCUT2D eigenvalue weighted by Crippen LogP contribution is -2.22. The fourth-order valence-electron chi connectivity index (χ4n) is 2.77. The van der Waals surface area contributed by atoms with E-state index in [1.165, 1.54) is 0 Å². The van der Waals surface area contributed by atoms with Crippen molar-refractivity contribution < 1.29 is 19.1 Å². The number of para-hydroxylation sites is 1. The number of hydrogen-bond donors (Lipinski definition) is 1. The van der Waals surface area contributed by atoms with E-state index in [4.69, 9.17) is 9.47 Å². The molecular weight excluding hydrogens is 342 g/mol. The number of anilines is 1. The summed E-state index contributed by atoms with van der Waals surface area (Å²) in [6.45, 7) is 5.81. The SMILES string of the molecule is COc1ccc(CCC(=O)OCC(=O)Nc2c(C)cccc2C(C)C)cc1. The highest BCUT2D eigenvalue weighted by Gasteiger charge is 2.13. The van der Waals surface area contributed by atoms with Crippen LogP contribution in [0, 0.1) is 6.92 Å². The normalized spacial score (nSPS) is 10.6. The molecule has 2 rings (SSSR count). The molecule has 27 heavy (non-hydrogen) atoms. The third-order valence-corrected chi connectivity index (χ3v) is 4.33. The van der Waals surface area contributed by atoms with Gasteiger partial charge in [0, 0.05) is 12.1 Å². The largest absolute Gasteiger partial charge is 0.497 e. The van der Waals surface area contributed by atoms with Crippen molar-refractivity contribution in [1.82, 2.24) is 0 Å². The van der Waals surface area contributed by atoms with Gasteiger partial charge in [-0.15, -0.1) is 0 Å². The third-order valence-electron chi connectivity index (χ3n) is 4.33. The smallest absolute Gasteiger partial charge is 0.306 e. The maximum atomic E-state index is 12.2. The van der Waals surface area contributed by atoms with Crippen molar-refractivity contribution >= 4 is 17.6 Å². The minimum Gasteiger partial charge on any atom is -0.497 e. The van der Waals surface area contributed by atoms with Gasteiger partial charge in [-0.1, -0.05) is 44.2 Å². The van der Waals surface area contributed by atoms with Gasteiger partial charge >= 0.3 is 5.97 Å². The van der Waals surface area contributed by atoms with Crippen LogP contribution in [-0.2, 0) is 20.7 Å². The van der Waals surface area contributed by atoms with Crippen LogP contribution in [0.1, 0.15) is 42.9 Å². The summed E-state index contributed by atoms with van der Waals surface area (Å²) in [5.74, 6) is 0.334. The number of carbonyl (C=O) groups excluding carboxylic acids is 2. The maximum Gasteiger partial charge on any atom is 0.306 e. The second-order valence-corrected chi connectivity index (χ2v) is 6.75. The first kappa shape index (κ1) is 20.5. The van der Waals surface area contributed by atoms with Crippen molar-refractivity contribution in [3.05, 3.63) is 59.2 Å². The van der Waals surface area contributed by atoms with E-state index in [-0.39, 0.29) is 24.9 Å². The molecule has 0 radical (unpaired) electrons. The Morgan fingerprint density at radius 3 is 2.41 bits per heavy atom. The quantitative estimate of drug-likeness (QED) is 0.707. The first-order valence-electron chi connectivity index (χ1n) is 9.08. The molecule has 0 aliphatic rings. The van der Waals surface area contributed by atoms with Gasteiger partial charge in [-0.2, -0.15) is 0 Å². The van der Waals surface area contributed by atoms with E-state index in [0.29, 0.717) is 6.42 Å². The Labute approximate surface area is 160 Å². The molecule has 5 nitrogen and oxygen atoms in total. The van der Waals surface area contributed by atoms with Crippen LogP contribution in [-0.4, -0.2) is 25.6 Å². The van der Waals surface area contributed by atoms with Crippen molar-refractivity contribution in [1.29, 1.82) is 0 Å². The molecule has 2 aromatic carbocycles. The van der Waals surface area contributed by atoms with E-state index in [9.17, 15) is 9.59 Å². The number of rotatable bonds is 8. The van der Waals surface area contributed by atoms with Gasteiger partial charge < -0.3 is 14.8 Å². The summed E-state index contributed by atoms with van der Waals surface area (Å²) in [6, 6.07) is 13.4. The number of carbonyl (C=O) groups is 2. The summed E-state index contributed by atoms with van der Waals surface area (Å²) in [4.78, 5) is 24.1. The van der Waals surface area contributed by atoms with E-state index in [0.717, 1.165) is 28.1 Å². The maximum absolute atomic E-state index is 12.2. The molecule has 0 spiro atoms. The van der Waals surface area contributed by atoms with Crippen LogP contribution in [0.25, 0.3) is 0 Å². The van der Waals surface area contributed by atoms with Crippen molar-refractivity contribution in [3.8, 4) is 5.75 Å². The molecule has 1 amide bonds. The molecule has 1 N–H and O–H groups in total. The van der Waals surface area contributed by atoms with Crippen LogP contribution in [0.4, 0.5) is 5.69 Å². The fourth-order valence-corrected chi connectivity index (χ4v) is 2.77. The summed E-state index contributed by atoms with van der Waals surface area (Å²) in [6.07, 6.45) is 0.779.